The van der Waals surface area contributed by atoms with E-state index in [1.807, 2.05) is 30.3 Å². The van der Waals surface area contributed by atoms with Crippen molar-refractivity contribution < 1.29 is 23.8 Å². The number of fused-ring (bicyclic) bond motifs is 2. The lowest BCUT2D eigenvalue weighted by Crippen LogP contribution is -2.55. The number of allylic oxidation sites excluding steroid dienone is 1. The zero-order valence-electron chi connectivity index (χ0n) is 17.7. The van der Waals surface area contributed by atoms with Gasteiger partial charge in [0.1, 0.15) is 17.9 Å². The van der Waals surface area contributed by atoms with E-state index in [0.717, 1.165) is 11.3 Å². The Kier molecular flexibility index (Phi) is 4.54. The van der Waals surface area contributed by atoms with Crippen LogP contribution >= 0.6 is 15.9 Å². The SMILES string of the molecule is C=C[C@]12CN(C(=O)OC)[C@@H]3[C@H](Br)[C@H]1C=C(OC)[C@@]1(C(=O)N(COC)c4ccccc41)[C@@H]32. The molecule has 1 aromatic rings. The summed E-state index contributed by atoms with van der Waals surface area (Å²) in [4.78, 5) is 30.3. The number of benzene rings is 1. The average molecular weight is 489 g/mol. The first kappa shape index (κ1) is 20.6. The Bertz CT molecular complexity index is 1010. The number of methoxy groups -OCH3 is 3. The van der Waals surface area contributed by atoms with Crippen molar-refractivity contribution in [2.75, 3.05) is 39.5 Å². The molecule has 6 atom stereocenters. The van der Waals surface area contributed by atoms with E-state index in [0.29, 0.717) is 12.3 Å². The molecule has 5 rings (SSSR count). The van der Waals surface area contributed by atoms with Crippen LogP contribution in [0.1, 0.15) is 5.56 Å². The standard InChI is InChI=1S/C23H25BrN2O5/c1-5-22-11-25(21(28)31-4)18-17(24)14(22)10-16(30-3)23(19(18)22)13-8-6-7-9-15(13)26(12-29-2)20(23)27/h5-10,14,17-19H,1,11-12H2,2-4H3/t14-,17-,18-,19+,22+,23-/m1/s1. The maximum atomic E-state index is 14.3. The number of carbonyl (C=O) groups is 2. The summed E-state index contributed by atoms with van der Waals surface area (Å²) in [6.45, 7) is 4.75. The van der Waals surface area contributed by atoms with Crippen LogP contribution in [-0.4, -0.2) is 62.4 Å². The summed E-state index contributed by atoms with van der Waals surface area (Å²) in [7, 11) is 4.56. The zero-order valence-corrected chi connectivity index (χ0v) is 19.3. The first-order chi connectivity index (χ1) is 14.9. The number of hydrogen-bond acceptors (Lipinski definition) is 5. The molecule has 7 nitrogen and oxygen atoms in total. The van der Waals surface area contributed by atoms with Gasteiger partial charge in [0.25, 0.3) is 0 Å². The van der Waals surface area contributed by atoms with Gasteiger partial charge in [0, 0.05) is 35.7 Å². The predicted octanol–water partition coefficient (Wildman–Crippen LogP) is 3.05. The summed E-state index contributed by atoms with van der Waals surface area (Å²) in [6, 6.07) is 7.50. The van der Waals surface area contributed by atoms with Gasteiger partial charge in [-0.3, -0.25) is 9.69 Å². The minimum atomic E-state index is -1.08. The van der Waals surface area contributed by atoms with E-state index in [-0.39, 0.29) is 35.3 Å². The molecular formula is C23H25BrN2O5. The van der Waals surface area contributed by atoms with Gasteiger partial charge in [0.2, 0.25) is 5.91 Å². The molecule has 164 valence electrons. The van der Waals surface area contributed by atoms with Gasteiger partial charge in [-0.25, -0.2) is 4.79 Å². The molecule has 1 saturated carbocycles. The van der Waals surface area contributed by atoms with Crippen molar-refractivity contribution in [2.24, 2.45) is 17.3 Å². The lowest BCUT2D eigenvalue weighted by Gasteiger charge is -2.46. The molecule has 0 aromatic heterocycles. The minimum absolute atomic E-state index is 0.0397. The number of rotatable bonds is 4. The van der Waals surface area contributed by atoms with Crippen LogP contribution in [-0.2, 0) is 24.4 Å². The third kappa shape index (κ3) is 2.17. The number of nitrogens with zero attached hydrogens (tertiary/aromatic N) is 2. The summed E-state index contributed by atoms with van der Waals surface area (Å²) in [5.74, 6) is 0.297. The highest BCUT2D eigenvalue weighted by Crippen LogP contribution is 2.71. The Morgan fingerprint density at radius 1 is 1.32 bits per heavy atom. The summed E-state index contributed by atoms with van der Waals surface area (Å²) in [5.41, 5.74) is 0.0981. The van der Waals surface area contributed by atoms with Crippen molar-refractivity contribution >= 4 is 33.6 Å². The first-order valence-corrected chi connectivity index (χ1v) is 11.1. The Morgan fingerprint density at radius 2 is 2.06 bits per heavy atom. The molecule has 1 saturated heterocycles. The van der Waals surface area contributed by atoms with Gasteiger partial charge in [-0.1, -0.05) is 40.2 Å². The molecule has 2 aliphatic carbocycles. The van der Waals surface area contributed by atoms with E-state index in [9.17, 15) is 9.59 Å². The highest BCUT2D eigenvalue weighted by molar-refractivity contribution is 9.09. The van der Waals surface area contributed by atoms with Crippen LogP contribution in [0.4, 0.5) is 10.5 Å². The van der Waals surface area contributed by atoms with Crippen molar-refractivity contribution in [3.63, 3.8) is 0 Å². The molecule has 1 spiro atoms. The van der Waals surface area contributed by atoms with Crippen LogP contribution < -0.4 is 4.90 Å². The molecule has 0 N–H and O–H groups in total. The van der Waals surface area contributed by atoms with Crippen LogP contribution in [0.15, 0.2) is 48.8 Å². The number of ether oxygens (including phenoxy) is 3. The number of anilines is 1. The predicted molar refractivity (Wildman–Crippen MR) is 118 cm³/mol. The van der Waals surface area contributed by atoms with E-state index < -0.39 is 16.9 Å². The number of alkyl halides is 1. The molecule has 1 aromatic carbocycles. The van der Waals surface area contributed by atoms with Crippen molar-refractivity contribution in [3.05, 3.63) is 54.3 Å². The van der Waals surface area contributed by atoms with E-state index in [1.54, 1.807) is 24.0 Å². The van der Waals surface area contributed by atoms with Crippen LogP contribution in [0.2, 0.25) is 0 Å². The molecular weight excluding hydrogens is 464 g/mol. The average Bonchev–Trinajstić information content (AvgIpc) is 3.32. The van der Waals surface area contributed by atoms with E-state index in [1.165, 1.54) is 7.11 Å². The van der Waals surface area contributed by atoms with Crippen molar-refractivity contribution in [1.29, 1.82) is 0 Å². The van der Waals surface area contributed by atoms with Crippen molar-refractivity contribution in [3.8, 4) is 0 Å². The van der Waals surface area contributed by atoms with Crippen LogP contribution in [0.3, 0.4) is 0 Å². The second-order valence-corrected chi connectivity index (χ2v) is 9.62. The second kappa shape index (κ2) is 6.84. The Hall–Kier alpha value is -2.32. The Morgan fingerprint density at radius 3 is 2.71 bits per heavy atom. The summed E-state index contributed by atoms with van der Waals surface area (Å²) in [5, 5.41) is 0. The fraction of sp³-hybridized carbons (Fsp3) is 0.478. The second-order valence-electron chi connectivity index (χ2n) is 8.56. The zero-order chi connectivity index (χ0) is 22.1. The number of amides is 2. The van der Waals surface area contributed by atoms with Crippen molar-refractivity contribution in [1.82, 2.24) is 4.90 Å². The molecule has 4 bridgehead atoms. The topological polar surface area (TPSA) is 68.3 Å². The largest absolute Gasteiger partial charge is 0.500 e. The number of halogens is 1. The molecule has 2 heterocycles. The number of para-hydroxylation sites is 1. The van der Waals surface area contributed by atoms with Gasteiger partial charge in [0.15, 0.2) is 0 Å². The third-order valence-corrected chi connectivity index (χ3v) is 8.78. The van der Waals surface area contributed by atoms with Gasteiger partial charge < -0.3 is 19.1 Å². The quantitative estimate of drug-likeness (QED) is 0.481. The van der Waals surface area contributed by atoms with Gasteiger partial charge in [-0.15, -0.1) is 6.58 Å². The first-order valence-electron chi connectivity index (χ1n) is 10.2. The number of carbonyl (C=O) groups excluding carboxylic acids is 2. The normalized spacial score (nSPS) is 37.2. The lowest BCUT2D eigenvalue weighted by atomic mass is 9.55. The molecule has 2 fully saturated rings. The molecule has 4 aliphatic rings. The minimum Gasteiger partial charge on any atom is -0.500 e. The van der Waals surface area contributed by atoms with E-state index in [4.69, 9.17) is 14.2 Å². The van der Waals surface area contributed by atoms with Crippen LogP contribution in [0, 0.1) is 17.3 Å². The fourth-order valence-electron chi connectivity index (χ4n) is 6.66. The van der Waals surface area contributed by atoms with E-state index in [2.05, 4.69) is 28.6 Å². The van der Waals surface area contributed by atoms with Gasteiger partial charge in [-0.05, 0) is 17.7 Å². The van der Waals surface area contributed by atoms with E-state index >= 15 is 0 Å². The maximum Gasteiger partial charge on any atom is 0.409 e. The summed E-state index contributed by atoms with van der Waals surface area (Å²) < 4.78 is 16.4. The number of hydrogen-bond donors (Lipinski definition) is 0. The number of piperidine rings is 1. The smallest absolute Gasteiger partial charge is 0.409 e. The molecule has 2 aliphatic heterocycles. The highest BCUT2D eigenvalue weighted by atomic mass is 79.9. The van der Waals surface area contributed by atoms with Crippen LogP contribution in [0.5, 0.6) is 0 Å². The molecule has 2 amide bonds. The van der Waals surface area contributed by atoms with Crippen LogP contribution in [0.25, 0.3) is 0 Å². The summed E-state index contributed by atoms with van der Waals surface area (Å²) in [6.07, 6.45) is 3.60. The summed E-state index contributed by atoms with van der Waals surface area (Å²) >= 11 is 3.86. The van der Waals surface area contributed by atoms with Crippen molar-refractivity contribution in [2.45, 2.75) is 16.3 Å². The van der Waals surface area contributed by atoms with Gasteiger partial charge >= 0.3 is 6.09 Å². The highest BCUT2D eigenvalue weighted by Gasteiger charge is 2.78. The monoisotopic (exact) mass is 488 g/mol. The molecule has 0 radical (unpaired) electrons. The third-order valence-electron chi connectivity index (χ3n) is 7.67. The molecule has 31 heavy (non-hydrogen) atoms. The van der Waals surface area contributed by atoms with Gasteiger partial charge in [-0.2, -0.15) is 0 Å². The van der Waals surface area contributed by atoms with Gasteiger partial charge in [0.05, 0.1) is 25.9 Å². The Labute approximate surface area is 189 Å². The fourth-order valence-corrected chi connectivity index (χ4v) is 7.90. The molecule has 8 heteroatoms. The lowest BCUT2D eigenvalue weighted by molar-refractivity contribution is -0.127. The molecule has 0 unspecified atom stereocenters. The maximum absolute atomic E-state index is 14.3. The number of likely N-dealkylation sites (tertiary alicyclic amines) is 1. The Balaban J connectivity index is 1.81.